The van der Waals surface area contributed by atoms with E-state index in [0.717, 1.165) is 87.9 Å². The maximum absolute atomic E-state index is 13.9. The van der Waals surface area contributed by atoms with Gasteiger partial charge in [0.25, 0.3) is 0 Å². The predicted octanol–water partition coefficient (Wildman–Crippen LogP) is 8.70. The van der Waals surface area contributed by atoms with Gasteiger partial charge in [-0.2, -0.15) is 5.10 Å². The fraction of sp³-hybridized carbons (Fsp3) is 0.385. The van der Waals surface area contributed by atoms with Gasteiger partial charge in [0, 0.05) is 47.7 Å². The number of hydrogen-bond acceptors (Lipinski definition) is 5. The first-order valence-electron chi connectivity index (χ1n) is 17.1. The Morgan fingerprint density at radius 2 is 1.81 bits per heavy atom. The molecule has 0 saturated carbocycles. The van der Waals surface area contributed by atoms with Crippen LogP contribution in [0.5, 0.6) is 5.75 Å². The van der Waals surface area contributed by atoms with Crippen LogP contribution in [-0.2, 0) is 31.2 Å². The van der Waals surface area contributed by atoms with Crippen molar-refractivity contribution >= 4 is 39.2 Å². The molecule has 2 aromatic heterocycles. The smallest absolute Gasteiger partial charge is 0.355 e. The molecular weight excluding hydrogens is 608 g/mol. The van der Waals surface area contributed by atoms with Crippen LogP contribution in [0.15, 0.2) is 66.7 Å². The minimum Gasteiger partial charge on any atom is -0.493 e. The van der Waals surface area contributed by atoms with Crippen LogP contribution < -0.4 is 4.74 Å². The van der Waals surface area contributed by atoms with Crippen LogP contribution in [0.25, 0.3) is 32.8 Å². The van der Waals surface area contributed by atoms with Crippen molar-refractivity contribution in [1.29, 1.82) is 0 Å². The van der Waals surface area contributed by atoms with Crippen LogP contribution in [0.4, 0.5) is 0 Å². The largest absolute Gasteiger partial charge is 0.493 e. The molecule has 0 aliphatic carbocycles. The number of carbonyl (C=O) groups excluding carboxylic acids is 1. The fourth-order valence-electron chi connectivity index (χ4n) is 7.75. The number of nitrogens with zero attached hydrogens (tertiary/aromatic N) is 4. The maximum Gasteiger partial charge on any atom is 0.355 e. The molecule has 0 spiro atoms. The highest BCUT2D eigenvalue weighted by molar-refractivity contribution is 6.35. The Kier molecular flexibility index (Phi) is 9.11. The van der Waals surface area contributed by atoms with Gasteiger partial charge in [-0.05, 0) is 68.7 Å². The van der Waals surface area contributed by atoms with E-state index >= 15 is 0 Å². The molecular formula is C39H43ClN4O3. The number of rotatable bonds is 8. The van der Waals surface area contributed by atoms with Crippen LogP contribution in [0, 0.1) is 0 Å². The molecule has 0 bridgehead atoms. The fourth-order valence-corrected chi connectivity index (χ4v) is 8.00. The van der Waals surface area contributed by atoms with Crippen molar-refractivity contribution in [3.8, 4) is 16.9 Å². The van der Waals surface area contributed by atoms with Gasteiger partial charge in [-0.25, -0.2) is 4.79 Å². The normalized spacial score (nSPS) is 17.2. The number of ether oxygens (including phenoxy) is 2. The summed E-state index contributed by atoms with van der Waals surface area (Å²) in [5.41, 5.74) is 6.88. The molecule has 1 unspecified atom stereocenters. The molecule has 4 heterocycles. The third-order valence-corrected chi connectivity index (χ3v) is 10.1. The van der Waals surface area contributed by atoms with Crippen molar-refractivity contribution in [2.75, 3.05) is 26.3 Å². The topological polar surface area (TPSA) is 61.5 Å². The van der Waals surface area contributed by atoms with Gasteiger partial charge in [0.2, 0.25) is 0 Å². The van der Waals surface area contributed by atoms with E-state index in [2.05, 4.69) is 52.8 Å². The second-order valence-electron chi connectivity index (χ2n) is 12.6. The lowest BCUT2D eigenvalue weighted by molar-refractivity contribution is 0.0513. The Bertz CT molecular complexity index is 1970. The summed E-state index contributed by atoms with van der Waals surface area (Å²) in [4.78, 5) is 16.4. The minimum absolute atomic E-state index is 0.206. The van der Waals surface area contributed by atoms with Crippen molar-refractivity contribution in [2.45, 2.75) is 65.0 Å². The summed E-state index contributed by atoms with van der Waals surface area (Å²) < 4.78 is 16.3. The number of carbonyl (C=O) groups is 1. The highest BCUT2D eigenvalue weighted by Gasteiger charge is 2.34. The Balaban J connectivity index is 1.37. The van der Waals surface area contributed by atoms with Gasteiger partial charge in [0.15, 0.2) is 0 Å². The lowest BCUT2D eigenvalue weighted by Gasteiger charge is -2.34. The highest BCUT2D eigenvalue weighted by atomic mass is 35.5. The minimum atomic E-state index is -0.307. The van der Waals surface area contributed by atoms with Crippen molar-refractivity contribution < 1.29 is 14.3 Å². The lowest BCUT2D eigenvalue weighted by atomic mass is 9.91. The van der Waals surface area contributed by atoms with Gasteiger partial charge in [0.05, 0.1) is 35.5 Å². The van der Waals surface area contributed by atoms with E-state index in [1.54, 1.807) is 0 Å². The number of aromatic nitrogens is 3. The summed E-state index contributed by atoms with van der Waals surface area (Å²) in [5, 5.41) is 9.15. The van der Waals surface area contributed by atoms with Gasteiger partial charge in [-0.3, -0.25) is 9.58 Å². The molecule has 1 fully saturated rings. The maximum atomic E-state index is 13.9. The van der Waals surface area contributed by atoms with Crippen molar-refractivity contribution in [3.05, 3.63) is 94.4 Å². The number of esters is 1. The van der Waals surface area contributed by atoms with Gasteiger partial charge >= 0.3 is 5.97 Å². The molecule has 0 radical (unpaired) electrons. The van der Waals surface area contributed by atoms with E-state index in [-0.39, 0.29) is 12.0 Å². The summed E-state index contributed by atoms with van der Waals surface area (Å²) >= 11 is 7.24. The predicted molar refractivity (Wildman–Crippen MR) is 190 cm³/mol. The first-order valence-corrected chi connectivity index (χ1v) is 17.5. The molecule has 1 saturated heterocycles. The van der Waals surface area contributed by atoms with Crippen molar-refractivity contribution in [2.24, 2.45) is 7.05 Å². The first-order chi connectivity index (χ1) is 23.0. The SMILES string of the molecule is CCOC(=O)c1c(CCCOc2cccc3ccccc23)c2ccc(Cl)c3c2n1C/C=C\CN1CCCCC1c1nn(C)c(CC)c1-3. The number of fused-ring (bicyclic) bond motifs is 5. The van der Waals surface area contributed by atoms with Crippen molar-refractivity contribution in [3.63, 3.8) is 0 Å². The van der Waals surface area contributed by atoms with E-state index < -0.39 is 0 Å². The Morgan fingerprint density at radius 1 is 0.979 bits per heavy atom. The van der Waals surface area contributed by atoms with Crippen LogP contribution in [0.3, 0.4) is 0 Å². The molecule has 7 nitrogen and oxygen atoms in total. The second-order valence-corrected chi connectivity index (χ2v) is 13.0. The number of allylic oxidation sites excluding steroid dienone is 1. The average molecular weight is 651 g/mol. The average Bonchev–Trinajstić information content (AvgIpc) is 3.57. The van der Waals surface area contributed by atoms with E-state index in [0.29, 0.717) is 36.9 Å². The quantitative estimate of drug-likeness (QED) is 0.0955. The van der Waals surface area contributed by atoms with Crippen molar-refractivity contribution in [1.82, 2.24) is 19.2 Å². The number of halogens is 1. The van der Waals surface area contributed by atoms with E-state index in [1.807, 2.05) is 49.0 Å². The van der Waals surface area contributed by atoms with E-state index in [4.69, 9.17) is 26.2 Å². The number of hydrogen-bond donors (Lipinski definition) is 0. The lowest BCUT2D eigenvalue weighted by Crippen LogP contribution is -2.34. The number of aryl methyl sites for hydroxylation is 2. The Hall–Kier alpha value is -4.07. The van der Waals surface area contributed by atoms with Crippen LogP contribution >= 0.6 is 11.6 Å². The summed E-state index contributed by atoms with van der Waals surface area (Å²) in [6, 6.07) is 18.7. The van der Waals surface area contributed by atoms with Crippen LogP contribution in [0.2, 0.25) is 5.02 Å². The zero-order chi connectivity index (χ0) is 32.5. The zero-order valence-corrected chi connectivity index (χ0v) is 28.4. The molecule has 244 valence electrons. The molecule has 0 amide bonds. The van der Waals surface area contributed by atoms with Gasteiger partial charge in [-0.1, -0.05) is 79.6 Å². The zero-order valence-electron chi connectivity index (χ0n) is 27.6. The Morgan fingerprint density at radius 3 is 2.66 bits per heavy atom. The number of piperidine rings is 1. The molecule has 2 aliphatic heterocycles. The standard InChI is InChI=1S/C39H43ClN4O3/c1-4-31-35-34-30(40)21-20-29-28(17-13-25-47-33-19-12-15-26-14-6-7-16-27(26)33)38(39(45)46-5-2)44(37(29)34)24-11-10-23-43-22-9-8-18-32(43)36(35)41-42(31)3/h6-7,10-12,14-16,19-21,32H,4-5,8-9,13,17-18,22-25H2,1-3H3/b11-10-. The second kappa shape index (κ2) is 13.6. The third kappa shape index (κ3) is 5.74. The molecule has 8 heteroatoms. The molecule has 47 heavy (non-hydrogen) atoms. The van der Waals surface area contributed by atoms with Gasteiger partial charge in [-0.15, -0.1) is 0 Å². The molecule has 0 N–H and O–H groups in total. The molecule has 1 atom stereocenters. The first kappa shape index (κ1) is 31.5. The Labute approximate surface area is 281 Å². The number of benzene rings is 3. The molecule has 3 aromatic carbocycles. The van der Waals surface area contributed by atoms with Gasteiger partial charge < -0.3 is 14.0 Å². The summed E-state index contributed by atoms with van der Waals surface area (Å²) in [7, 11) is 2.04. The monoisotopic (exact) mass is 650 g/mol. The summed E-state index contributed by atoms with van der Waals surface area (Å²) in [6.45, 7) is 7.28. The van der Waals surface area contributed by atoms with Gasteiger partial charge in [0.1, 0.15) is 11.4 Å². The summed E-state index contributed by atoms with van der Waals surface area (Å²) in [6.07, 6.45) is 10.1. The summed E-state index contributed by atoms with van der Waals surface area (Å²) in [5.74, 6) is 0.566. The van der Waals surface area contributed by atoms with E-state index in [1.165, 1.54) is 12.8 Å². The molecule has 2 aliphatic rings. The van der Waals surface area contributed by atoms with E-state index in [9.17, 15) is 4.79 Å². The van der Waals surface area contributed by atoms with Crippen LogP contribution in [0.1, 0.15) is 73.0 Å². The van der Waals surface area contributed by atoms with Crippen LogP contribution in [-0.4, -0.2) is 51.5 Å². The molecule has 7 rings (SSSR count). The third-order valence-electron chi connectivity index (χ3n) is 9.83. The molecule has 5 aromatic rings. The highest BCUT2D eigenvalue weighted by Crippen LogP contribution is 2.46.